The van der Waals surface area contributed by atoms with Crippen molar-refractivity contribution in [1.29, 1.82) is 0 Å². The van der Waals surface area contributed by atoms with Gasteiger partial charge in [-0.25, -0.2) is 0 Å². The normalized spacial score (nSPS) is 19.2. The zero-order chi connectivity index (χ0) is 15.3. The van der Waals surface area contributed by atoms with Crippen LogP contribution >= 0.6 is 0 Å². The Bertz CT molecular complexity index is 404. The molecule has 1 aliphatic rings. The van der Waals surface area contributed by atoms with Crippen LogP contribution < -0.4 is 5.32 Å². The predicted octanol–water partition coefficient (Wildman–Crippen LogP) is 5.61. The fraction of sp³-hybridized carbons (Fsp3) is 0.700. The van der Waals surface area contributed by atoms with Gasteiger partial charge in [-0.15, -0.1) is 0 Å². The molecule has 1 aromatic rings. The summed E-state index contributed by atoms with van der Waals surface area (Å²) in [5.74, 6) is 0.813. The molecule has 0 saturated heterocycles. The Hall–Kier alpha value is -0.820. The number of rotatable bonds is 4. The highest BCUT2D eigenvalue weighted by atomic mass is 14.9. The summed E-state index contributed by atoms with van der Waals surface area (Å²) in [5.41, 5.74) is 3.16. The summed E-state index contributed by atoms with van der Waals surface area (Å²) < 4.78 is 0. The van der Waals surface area contributed by atoms with Crippen LogP contribution in [-0.4, -0.2) is 6.54 Å². The molecular formula is C20H33N. The van der Waals surface area contributed by atoms with Gasteiger partial charge in [0.1, 0.15) is 0 Å². The van der Waals surface area contributed by atoms with Crippen molar-refractivity contribution in [3.8, 4) is 0 Å². The Morgan fingerprint density at radius 3 is 2.05 bits per heavy atom. The molecule has 0 aliphatic heterocycles. The van der Waals surface area contributed by atoms with Crippen molar-refractivity contribution >= 4 is 0 Å². The van der Waals surface area contributed by atoms with Crippen molar-refractivity contribution in [2.75, 3.05) is 6.54 Å². The standard InChI is InChI=1S/C20H33N/c1-5-21-19(16-10-8-6-7-9-11-16)17-12-14-18(15-13-17)20(2,3)4/h12-16,19,21H,5-11H2,1-4H3. The van der Waals surface area contributed by atoms with Gasteiger partial charge in [0.2, 0.25) is 0 Å². The molecule has 0 amide bonds. The van der Waals surface area contributed by atoms with Crippen LogP contribution in [-0.2, 0) is 5.41 Å². The van der Waals surface area contributed by atoms with Gasteiger partial charge in [0.05, 0.1) is 0 Å². The SMILES string of the molecule is CCNC(c1ccc(C(C)(C)C)cc1)C1CCCCCC1. The van der Waals surface area contributed by atoms with Gasteiger partial charge in [0.15, 0.2) is 0 Å². The molecule has 1 saturated carbocycles. The van der Waals surface area contributed by atoms with Crippen LogP contribution in [0, 0.1) is 5.92 Å². The molecule has 118 valence electrons. The largest absolute Gasteiger partial charge is 0.310 e. The highest BCUT2D eigenvalue weighted by Gasteiger charge is 2.24. The summed E-state index contributed by atoms with van der Waals surface area (Å²) >= 11 is 0. The van der Waals surface area contributed by atoms with Gasteiger partial charge >= 0.3 is 0 Å². The molecule has 0 spiro atoms. The fourth-order valence-corrected chi connectivity index (χ4v) is 3.61. The maximum Gasteiger partial charge on any atom is 0.0348 e. The lowest BCUT2D eigenvalue weighted by Crippen LogP contribution is -2.28. The molecule has 1 unspecified atom stereocenters. The molecule has 1 nitrogen and oxygen atoms in total. The Morgan fingerprint density at radius 1 is 1.00 bits per heavy atom. The molecule has 1 heteroatoms. The average Bonchev–Trinajstić information content (AvgIpc) is 2.73. The van der Waals surface area contributed by atoms with Gasteiger partial charge in [-0.05, 0) is 41.8 Å². The molecule has 1 fully saturated rings. The van der Waals surface area contributed by atoms with Gasteiger partial charge in [-0.3, -0.25) is 0 Å². The van der Waals surface area contributed by atoms with Gasteiger partial charge < -0.3 is 5.32 Å². The first-order chi connectivity index (χ1) is 10.0. The molecule has 0 radical (unpaired) electrons. The van der Waals surface area contributed by atoms with E-state index in [1.165, 1.54) is 49.7 Å². The maximum atomic E-state index is 3.75. The predicted molar refractivity (Wildman–Crippen MR) is 92.8 cm³/mol. The first-order valence-corrected chi connectivity index (χ1v) is 8.86. The van der Waals surface area contributed by atoms with E-state index >= 15 is 0 Å². The van der Waals surface area contributed by atoms with Crippen LogP contribution in [0.3, 0.4) is 0 Å². The van der Waals surface area contributed by atoms with Crippen molar-refractivity contribution in [2.45, 2.75) is 77.7 Å². The number of hydrogen-bond donors (Lipinski definition) is 1. The summed E-state index contributed by atoms with van der Waals surface area (Å²) in [7, 11) is 0. The van der Waals surface area contributed by atoms with Crippen LogP contribution in [0.1, 0.15) is 83.4 Å². The van der Waals surface area contributed by atoms with Crippen LogP contribution in [0.25, 0.3) is 0 Å². The smallest absolute Gasteiger partial charge is 0.0348 e. The van der Waals surface area contributed by atoms with E-state index in [1.807, 2.05) is 0 Å². The maximum absolute atomic E-state index is 3.75. The zero-order valence-corrected chi connectivity index (χ0v) is 14.4. The zero-order valence-electron chi connectivity index (χ0n) is 14.4. The van der Waals surface area contributed by atoms with E-state index < -0.39 is 0 Å². The van der Waals surface area contributed by atoms with Crippen LogP contribution in [0.15, 0.2) is 24.3 Å². The van der Waals surface area contributed by atoms with Gasteiger partial charge in [-0.1, -0.05) is 77.6 Å². The molecular weight excluding hydrogens is 254 g/mol. The quantitative estimate of drug-likeness (QED) is 0.710. The summed E-state index contributed by atoms with van der Waals surface area (Å²) in [6, 6.07) is 9.92. The third-order valence-electron chi connectivity index (χ3n) is 4.93. The second-order valence-corrected chi connectivity index (χ2v) is 7.66. The minimum absolute atomic E-state index is 0.245. The van der Waals surface area contributed by atoms with E-state index in [2.05, 4.69) is 57.3 Å². The second kappa shape index (κ2) is 7.45. The van der Waals surface area contributed by atoms with E-state index in [0.29, 0.717) is 6.04 Å². The van der Waals surface area contributed by atoms with Gasteiger partial charge in [0, 0.05) is 6.04 Å². The molecule has 1 aliphatic carbocycles. The number of benzene rings is 1. The Kier molecular flexibility index (Phi) is 5.87. The Balaban J connectivity index is 2.17. The highest BCUT2D eigenvalue weighted by Crippen LogP contribution is 2.34. The Morgan fingerprint density at radius 2 is 1.57 bits per heavy atom. The monoisotopic (exact) mass is 287 g/mol. The molecule has 2 rings (SSSR count). The first kappa shape index (κ1) is 16.5. The van der Waals surface area contributed by atoms with Crippen LogP contribution in [0.4, 0.5) is 0 Å². The lowest BCUT2D eigenvalue weighted by atomic mass is 9.83. The van der Waals surface area contributed by atoms with E-state index in [9.17, 15) is 0 Å². The number of nitrogens with one attached hydrogen (secondary N) is 1. The average molecular weight is 287 g/mol. The molecule has 0 bridgehead atoms. The highest BCUT2D eigenvalue weighted by molar-refractivity contribution is 5.29. The van der Waals surface area contributed by atoms with Crippen molar-refractivity contribution in [2.24, 2.45) is 5.92 Å². The fourth-order valence-electron chi connectivity index (χ4n) is 3.61. The van der Waals surface area contributed by atoms with E-state index in [1.54, 1.807) is 0 Å². The van der Waals surface area contributed by atoms with Crippen molar-refractivity contribution in [3.63, 3.8) is 0 Å². The lowest BCUT2D eigenvalue weighted by Gasteiger charge is -2.28. The van der Waals surface area contributed by atoms with Crippen LogP contribution in [0.2, 0.25) is 0 Å². The van der Waals surface area contributed by atoms with E-state index in [4.69, 9.17) is 0 Å². The Labute approximate surface area is 131 Å². The summed E-state index contributed by atoms with van der Waals surface area (Å²) in [6.45, 7) is 10.1. The first-order valence-electron chi connectivity index (χ1n) is 8.86. The molecule has 0 heterocycles. The van der Waals surface area contributed by atoms with Crippen molar-refractivity contribution in [3.05, 3.63) is 35.4 Å². The van der Waals surface area contributed by atoms with Crippen LogP contribution in [0.5, 0.6) is 0 Å². The lowest BCUT2D eigenvalue weighted by molar-refractivity contribution is 0.330. The second-order valence-electron chi connectivity index (χ2n) is 7.66. The minimum Gasteiger partial charge on any atom is -0.310 e. The van der Waals surface area contributed by atoms with E-state index in [0.717, 1.165) is 12.5 Å². The minimum atomic E-state index is 0.245. The molecule has 0 aromatic heterocycles. The topological polar surface area (TPSA) is 12.0 Å². The summed E-state index contributed by atoms with van der Waals surface area (Å²) in [6.07, 6.45) is 8.45. The third-order valence-corrected chi connectivity index (χ3v) is 4.93. The van der Waals surface area contributed by atoms with Crippen molar-refractivity contribution < 1.29 is 0 Å². The number of hydrogen-bond acceptors (Lipinski definition) is 1. The van der Waals surface area contributed by atoms with Gasteiger partial charge in [-0.2, -0.15) is 0 Å². The van der Waals surface area contributed by atoms with Gasteiger partial charge in [0.25, 0.3) is 0 Å². The molecule has 1 atom stereocenters. The summed E-state index contributed by atoms with van der Waals surface area (Å²) in [4.78, 5) is 0. The molecule has 1 aromatic carbocycles. The van der Waals surface area contributed by atoms with E-state index in [-0.39, 0.29) is 5.41 Å². The molecule has 21 heavy (non-hydrogen) atoms. The van der Waals surface area contributed by atoms with Crippen molar-refractivity contribution in [1.82, 2.24) is 5.32 Å². The molecule has 1 N–H and O–H groups in total. The third kappa shape index (κ3) is 4.57. The summed E-state index contributed by atoms with van der Waals surface area (Å²) in [5, 5.41) is 3.75.